The van der Waals surface area contributed by atoms with Gasteiger partial charge < -0.3 is 10.1 Å². The van der Waals surface area contributed by atoms with Gasteiger partial charge in [0.05, 0.1) is 12.7 Å². The molecule has 1 amide bonds. The topological polar surface area (TPSA) is 38.3 Å². The third kappa shape index (κ3) is 6.12. The van der Waals surface area contributed by atoms with Crippen LogP contribution in [0.5, 0.6) is 5.75 Å². The smallest absolute Gasteiger partial charge is 0.255 e. The number of hydrogen-bond donors (Lipinski definition) is 1. The molecule has 1 rings (SSSR count). The van der Waals surface area contributed by atoms with Gasteiger partial charge in [-0.1, -0.05) is 51.4 Å². The van der Waals surface area contributed by atoms with Gasteiger partial charge in [-0.05, 0) is 35.5 Å². The number of carbonyl (C=O) groups is 1. The van der Waals surface area contributed by atoms with Crippen LogP contribution < -0.4 is 10.1 Å². The molecule has 0 unspecified atom stereocenters. The highest BCUT2D eigenvalue weighted by Crippen LogP contribution is 2.23. The van der Waals surface area contributed by atoms with Crippen LogP contribution >= 0.6 is 38.5 Å². The van der Waals surface area contributed by atoms with Crippen LogP contribution in [0.4, 0.5) is 0 Å². The summed E-state index contributed by atoms with van der Waals surface area (Å²) >= 11 is 5.75. The molecule has 5 heteroatoms. The number of halogens is 2. The molecule has 1 aromatic rings. The maximum absolute atomic E-state index is 12.0. The molecule has 0 atom stereocenters. The Morgan fingerprint density at radius 1 is 1.32 bits per heavy atom. The molecule has 106 valence electrons. The van der Waals surface area contributed by atoms with Crippen molar-refractivity contribution in [3.63, 3.8) is 0 Å². The Labute approximate surface area is 136 Å². The molecule has 0 bridgehead atoms. The summed E-state index contributed by atoms with van der Waals surface area (Å²) in [6.07, 6.45) is 4.69. The van der Waals surface area contributed by atoms with Gasteiger partial charge in [0.1, 0.15) is 5.75 Å². The van der Waals surface area contributed by atoms with Crippen molar-refractivity contribution in [2.45, 2.75) is 25.7 Å². The fourth-order valence-corrected chi connectivity index (χ4v) is 2.60. The van der Waals surface area contributed by atoms with Crippen molar-refractivity contribution in [2.75, 3.05) is 18.1 Å². The second kappa shape index (κ2) is 9.58. The van der Waals surface area contributed by atoms with Crippen LogP contribution in [-0.2, 0) is 0 Å². The summed E-state index contributed by atoms with van der Waals surface area (Å²) in [4.78, 5) is 12.0. The molecule has 3 nitrogen and oxygen atoms in total. The Morgan fingerprint density at radius 3 is 2.74 bits per heavy atom. The molecule has 0 aliphatic heterocycles. The number of unbranched alkanes of at least 4 members (excludes halogenated alkanes) is 3. The standard InChI is InChI=1S/C14H19BrINO2/c1-19-13-10-11(15)6-7-12(13)14(18)17-9-5-3-2-4-8-16/h6-7,10H,2-5,8-9H2,1H3,(H,17,18). The number of nitrogens with one attached hydrogen (secondary N) is 1. The Morgan fingerprint density at radius 2 is 2.05 bits per heavy atom. The van der Waals surface area contributed by atoms with E-state index in [-0.39, 0.29) is 5.91 Å². The second-order valence-electron chi connectivity index (χ2n) is 4.20. The zero-order chi connectivity index (χ0) is 14.1. The maximum atomic E-state index is 12.0. The summed E-state index contributed by atoms with van der Waals surface area (Å²) in [6, 6.07) is 5.42. The third-order valence-electron chi connectivity index (χ3n) is 2.75. The van der Waals surface area contributed by atoms with Crippen molar-refractivity contribution in [3.8, 4) is 5.75 Å². The Kier molecular flexibility index (Phi) is 8.45. The molecule has 1 N–H and O–H groups in total. The van der Waals surface area contributed by atoms with Gasteiger partial charge in [-0.15, -0.1) is 0 Å². The van der Waals surface area contributed by atoms with E-state index in [0.717, 1.165) is 17.4 Å². The molecule has 0 fully saturated rings. The molecule has 0 aliphatic carbocycles. The predicted molar refractivity (Wildman–Crippen MR) is 90.4 cm³/mol. The first-order valence-corrected chi connectivity index (χ1v) is 8.68. The van der Waals surface area contributed by atoms with Gasteiger partial charge >= 0.3 is 0 Å². The molecule has 0 spiro atoms. The van der Waals surface area contributed by atoms with E-state index >= 15 is 0 Å². The van der Waals surface area contributed by atoms with Crippen molar-refractivity contribution >= 4 is 44.4 Å². The number of alkyl halides is 1. The zero-order valence-corrected chi connectivity index (χ0v) is 14.8. The van der Waals surface area contributed by atoms with Crippen molar-refractivity contribution in [1.82, 2.24) is 5.32 Å². The first-order valence-electron chi connectivity index (χ1n) is 6.36. The third-order valence-corrected chi connectivity index (χ3v) is 4.01. The average Bonchev–Trinajstić information content (AvgIpc) is 2.42. The minimum atomic E-state index is -0.0711. The van der Waals surface area contributed by atoms with Gasteiger partial charge in [0.15, 0.2) is 0 Å². The van der Waals surface area contributed by atoms with Gasteiger partial charge in [-0.25, -0.2) is 0 Å². The lowest BCUT2D eigenvalue weighted by Crippen LogP contribution is -2.24. The lowest BCUT2D eigenvalue weighted by Gasteiger charge is -2.09. The molecular weight excluding hydrogens is 421 g/mol. The highest BCUT2D eigenvalue weighted by Gasteiger charge is 2.11. The summed E-state index contributed by atoms with van der Waals surface area (Å²) in [7, 11) is 1.57. The first kappa shape index (κ1) is 16.8. The normalized spacial score (nSPS) is 10.3. The number of methoxy groups -OCH3 is 1. The number of amides is 1. The quantitative estimate of drug-likeness (QED) is 0.374. The summed E-state index contributed by atoms with van der Waals surface area (Å²) < 4.78 is 7.33. The molecule has 1 aromatic carbocycles. The van der Waals surface area contributed by atoms with Crippen LogP contribution in [-0.4, -0.2) is 24.0 Å². The van der Waals surface area contributed by atoms with Crippen LogP contribution in [0, 0.1) is 0 Å². The largest absolute Gasteiger partial charge is 0.496 e. The maximum Gasteiger partial charge on any atom is 0.255 e. The van der Waals surface area contributed by atoms with E-state index in [1.54, 1.807) is 19.2 Å². The lowest BCUT2D eigenvalue weighted by atomic mass is 10.1. The van der Waals surface area contributed by atoms with Crippen molar-refractivity contribution < 1.29 is 9.53 Å². The van der Waals surface area contributed by atoms with Crippen LogP contribution in [0.25, 0.3) is 0 Å². The summed E-state index contributed by atoms with van der Waals surface area (Å²) in [5.74, 6) is 0.523. The number of carbonyl (C=O) groups excluding carboxylic acids is 1. The molecule has 19 heavy (non-hydrogen) atoms. The molecule has 0 aliphatic rings. The SMILES string of the molecule is COc1cc(Br)ccc1C(=O)NCCCCCCI. The van der Waals surface area contributed by atoms with E-state index in [2.05, 4.69) is 43.8 Å². The molecule has 0 aromatic heterocycles. The number of benzene rings is 1. The summed E-state index contributed by atoms with van der Waals surface area (Å²) in [5.41, 5.74) is 0.581. The van der Waals surface area contributed by atoms with E-state index in [4.69, 9.17) is 4.74 Å². The average molecular weight is 440 g/mol. The molecule has 0 saturated heterocycles. The van der Waals surface area contributed by atoms with E-state index in [9.17, 15) is 4.79 Å². The first-order chi connectivity index (χ1) is 9.19. The lowest BCUT2D eigenvalue weighted by molar-refractivity contribution is 0.0950. The Hall–Kier alpha value is -0.300. The fourth-order valence-electron chi connectivity index (χ4n) is 1.72. The molecule has 0 radical (unpaired) electrons. The van der Waals surface area contributed by atoms with E-state index < -0.39 is 0 Å². The number of rotatable bonds is 8. The predicted octanol–water partition coefficient (Wildman–Crippen LogP) is 4.18. The summed E-state index contributed by atoms with van der Waals surface area (Å²) in [6.45, 7) is 0.722. The van der Waals surface area contributed by atoms with Gasteiger partial charge in [0, 0.05) is 11.0 Å². The van der Waals surface area contributed by atoms with Crippen LogP contribution in [0.15, 0.2) is 22.7 Å². The summed E-state index contributed by atoms with van der Waals surface area (Å²) in [5, 5.41) is 2.93. The van der Waals surface area contributed by atoms with Gasteiger partial charge in [0.25, 0.3) is 5.91 Å². The van der Waals surface area contributed by atoms with Crippen LogP contribution in [0.3, 0.4) is 0 Å². The van der Waals surface area contributed by atoms with Crippen molar-refractivity contribution in [3.05, 3.63) is 28.2 Å². The second-order valence-corrected chi connectivity index (χ2v) is 6.20. The monoisotopic (exact) mass is 439 g/mol. The van der Waals surface area contributed by atoms with E-state index in [1.165, 1.54) is 23.7 Å². The zero-order valence-electron chi connectivity index (χ0n) is 11.0. The van der Waals surface area contributed by atoms with Crippen molar-refractivity contribution in [2.24, 2.45) is 0 Å². The van der Waals surface area contributed by atoms with E-state index in [1.807, 2.05) is 6.07 Å². The molecule has 0 saturated carbocycles. The molecule has 0 heterocycles. The van der Waals surface area contributed by atoms with E-state index in [0.29, 0.717) is 11.3 Å². The van der Waals surface area contributed by atoms with Gasteiger partial charge in [0.2, 0.25) is 0 Å². The van der Waals surface area contributed by atoms with Crippen LogP contribution in [0.2, 0.25) is 0 Å². The Balaban J connectivity index is 2.41. The Bertz CT molecular complexity index is 412. The van der Waals surface area contributed by atoms with Gasteiger partial charge in [-0.3, -0.25) is 4.79 Å². The fraction of sp³-hybridized carbons (Fsp3) is 0.500. The highest BCUT2D eigenvalue weighted by atomic mass is 127. The number of hydrogen-bond acceptors (Lipinski definition) is 2. The minimum Gasteiger partial charge on any atom is -0.496 e. The highest BCUT2D eigenvalue weighted by molar-refractivity contribution is 14.1. The number of ether oxygens (including phenoxy) is 1. The molecular formula is C14H19BrINO2. The van der Waals surface area contributed by atoms with Crippen LogP contribution in [0.1, 0.15) is 36.0 Å². The van der Waals surface area contributed by atoms with Crippen molar-refractivity contribution in [1.29, 1.82) is 0 Å². The van der Waals surface area contributed by atoms with Gasteiger partial charge in [-0.2, -0.15) is 0 Å². The minimum absolute atomic E-state index is 0.0711.